The van der Waals surface area contributed by atoms with Crippen molar-refractivity contribution in [3.8, 4) is 17.2 Å². The van der Waals surface area contributed by atoms with Crippen LogP contribution in [0.15, 0.2) is 24.3 Å². The summed E-state index contributed by atoms with van der Waals surface area (Å²) in [7, 11) is 4.80. The topological polar surface area (TPSA) is 44.8 Å². The highest BCUT2D eigenvalue weighted by atomic mass is 16.5. The van der Waals surface area contributed by atoms with Gasteiger partial charge in [0, 0.05) is 17.4 Å². The summed E-state index contributed by atoms with van der Waals surface area (Å²) in [6.07, 6.45) is 1.13. The molecule has 19 heavy (non-hydrogen) atoms. The monoisotopic (exact) mass is 260 g/mol. The second-order valence-electron chi connectivity index (χ2n) is 4.02. The molecule has 0 aliphatic heterocycles. The van der Waals surface area contributed by atoms with E-state index in [2.05, 4.69) is 0 Å². The summed E-state index contributed by atoms with van der Waals surface area (Å²) >= 11 is 0. The van der Waals surface area contributed by atoms with Crippen LogP contribution in [0.3, 0.4) is 0 Å². The number of carbonyl (C=O) groups is 1. The van der Waals surface area contributed by atoms with Gasteiger partial charge in [0.2, 0.25) is 0 Å². The molecule has 100 valence electrons. The number of aldehydes is 1. The number of methoxy groups -OCH3 is 3. The fourth-order valence-corrected chi connectivity index (χ4v) is 2.26. The van der Waals surface area contributed by atoms with Crippen LogP contribution in [0.5, 0.6) is 17.2 Å². The van der Waals surface area contributed by atoms with Gasteiger partial charge in [0.25, 0.3) is 0 Å². The van der Waals surface area contributed by atoms with E-state index in [9.17, 15) is 4.79 Å². The van der Waals surface area contributed by atoms with E-state index in [1.54, 1.807) is 21.3 Å². The molecule has 2 rings (SSSR count). The Morgan fingerprint density at radius 3 is 2.37 bits per heavy atom. The first kappa shape index (κ1) is 13.2. The molecular formula is C15H16O4. The van der Waals surface area contributed by atoms with Crippen molar-refractivity contribution < 1.29 is 19.0 Å². The van der Waals surface area contributed by atoms with Gasteiger partial charge in [-0.15, -0.1) is 0 Å². The van der Waals surface area contributed by atoms with Crippen LogP contribution in [0.2, 0.25) is 0 Å². The second-order valence-corrected chi connectivity index (χ2v) is 4.02. The Bertz CT molecular complexity index is 605. The largest absolute Gasteiger partial charge is 0.496 e. The molecule has 0 fully saturated rings. The zero-order valence-corrected chi connectivity index (χ0v) is 11.2. The number of fused-ring (bicyclic) bond motifs is 1. The standard InChI is InChI=1S/C15H16O4/c1-17-12-6-4-5-11-14(12)13(18-2)9-10(7-8-16)15(11)19-3/h4-6,8-9H,7H2,1-3H3. The van der Waals surface area contributed by atoms with Gasteiger partial charge < -0.3 is 19.0 Å². The molecular weight excluding hydrogens is 244 g/mol. The summed E-state index contributed by atoms with van der Waals surface area (Å²) in [5.41, 5.74) is 0.801. The van der Waals surface area contributed by atoms with Crippen LogP contribution in [-0.4, -0.2) is 27.6 Å². The van der Waals surface area contributed by atoms with Gasteiger partial charge in [-0.1, -0.05) is 12.1 Å². The van der Waals surface area contributed by atoms with Crippen molar-refractivity contribution in [3.05, 3.63) is 29.8 Å². The molecule has 0 heterocycles. The summed E-state index contributed by atoms with van der Waals surface area (Å²) in [5, 5.41) is 1.72. The summed E-state index contributed by atoms with van der Waals surface area (Å²) < 4.78 is 16.2. The SMILES string of the molecule is COc1c(CC=O)cc(OC)c2c(OC)cccc12. The Kier molecular flexibility index (Phi) is 3.90. The maximum atomic E-state index is 10.8. The molecule has 0 aliphatic rings. The first-order valence-corrected chi connectivity index (χ1v) is 5.91. The van der Waals surface area contributed by atoms with Crippen LogP contribution in [0.4, 0.5) is 0 Å². The third-order valence-corrected chi connectivity index (χ3v) is 3.06. The highest BCUT2D eigenvalue weighted by molar-refractivity contribution is 5.99. The summed E-state index contributed by atoms with van der Waals surface area (Å²) in [6.45, 7) is 0. The molecule has 0 spiro atoms. The summed E-state index contributed by atoms with van der Waals surface area (Å²) in [6, 6.07) is 7.49. The summed E-state index contributed by atoms with van der Waals surface area (Å²) in [4.78, 5) is 10.8. The van der Waals surface area contributed by atoms with E-state index in [1.165, 1.54) is 0 Å². The molecule has 0 amide bonds. The van der Waals surface area contributed by atoms with Gasteiger partial charge in [-0.05, 0) is 12.1 Å². The van der Waals surface area contributed by atoms with Gasteiger partial charge >= 0.3 is 0 Å². The molecule has 0 aliphatic carbocycles. The lowest BCUT2D eigenvalue weighted by Crippen LogP contribution is -1.98. The van der Waals surface area contributed by atoms with Crippen LogP contribution >= 0.6 is 0 Å². The number of hydrogen-bond acceptors (Lipinski definition) is 4. The highest BCUT2D eigenvalue weighted by Crippen LogP contribution is 2.41. The molecule has 0 N–H and O–H groups in total. The predicted octanol–water partition coefficient (Wildman–Crippen LogP) is 2.61. The zero-order valence-electron chi connectivity index (χ0n) is 11.2. The Labute approximate surface area is 111 Å². The maximum absolute atomic E-state index is 10.8. The van der Waals surface area contributed by atoms with Crippen molar-refractivity contribution >= 4 is 17.1 Å². The van der Waals surface area contributed by atoms with Crippen LogP contribution in [0.25, 0.3) is 10.8 Å². The lowest BCUT2D eigenvalue weighted by Gasteiger charge is -2.15. The van der Waals surface area contributed by atoms with Crippen molar-refractivity contribution in [2.45, 2.75) is 6.42 Å². The lowest BCUT2D eigenvalue weighted by atomic mass is 10.0. The predicted molar refractivity (Wildman–Crippen MR) is 73.4 cm³/mol. The number of carbonyl (C=O) groups excluding carboxylic acids is 1. The number of hydrogen-bond donors (Lipinski definition) is 0. The normalized spacial score (nSPS) is 10.3. The molecule has 0 atom stereocenters. The smallest absolute Gasteiger partial charge is 0.130 e. The third-order valence-electron chi connectivity index (χ3n) is 3.06. The Morgan fingerprint density at radius 2 is 1.79 bits per heavy atom. The van der Waals surface area contributed by atoms with Gasteiger partial charge in [0.1, 0.15) is 23.5 Å². The van der Waals surface area contributed by atoms with Gasteiger partial charge in [0.15, 0.2) is 0 Å². The number of ether oxygens (including phenoxy) is 3. The Hall–Kier alpha value is -2.23. The molecule has 0 aromatic heterocycles. The Morgan fingerprint density at radius 1 is 1.05 bits per heavy atom. The molecule has 0 bridgehead atoms. The van der Waals surface area contributed by atoms with E-state index in [0.29, 0.717) is 17.2 Å². The van der Waals surface area contributed by atoms with E-state index in [-0.39, 0.29) is 6.42 Å². The first-order chi connectivity index (χ1) is 9.26. The van der Waals surface area contributed by atoms with E-state index in [0.717, 1.165) is 22.6 Å². The minimum atomic E-state index is 0.284. The first-order valence-electron chi connectivity index (χ1n) is 5.91. The van der Waals surface area contributed by atoms with Crippen LogP contribution < -0.4 is 14.2 Å². The molecule has 4 heteroatoms. The van der Waals surface area contributed by atoms with Crippen molar-refractivity contribution in [1.29, 1.82) is 0 Å². The lowest BCUT2D eigenvalue weighted by molar-refractivity contribution is -0.107. The van der Waals surface area contributed by atoms with Crippen LogP contribution in [-0.2, 0) is 11.2 Å². The fourth-order valence-electron chi connectivity index (χ4n) is 2.26. The molecule has 0 saturated heterocycles. The average Bonchev–Trinajstić information content (AvgIpc) is 2.45. The van der Waals surface area contributed by atoms with Gasteiger partial charge in [0.05, 0.1) is 26.7 Å². The molecule has 0 radical (unpaired) electrons. The second kappa shape index (κ2) is 5.61. The van der Waals surface area contributed by atoms with Crippen molar-refractivity contribution in [2.75, 3.05) is 21.3 Å². The van der Waals surface area contributed by atoms with Gasteiger partial charge in [-0.2, -0.15) is 0 Å². The zero-order chi connectivity index (χ0) is 13.8. The molecule has 4 nitrogen and oxygen atoms in total. The van der Waals surface area contributed by atoms with E-state index in [4.69, 9.17) is 14.2 Å². The van der Waals surface area contributed by atoms with Crippen molar-refractivity contribution in [2.24, 2.45) is 0 Å². The van der Waals surface area contributed by atoms with E-state index >= 15 is 0 Å². The molecule has 2 aromatic rings. The van der Waals surface area contributed by atoms with Crippen LogP contribution in [0.1, 0.15) is 5.56 Å². The number of rotatable bonds is 5. The molecule has 0 unspecified atom stereocenters. The fraction of sp³-hybridized carbons (Fsp3) is 0.267. The van der Waals surface area contributed by atoms with E-state index < -0.39 is 0 Å². The number of benzene rings is 2. The van der Waals surface area contributed by atoms with Gasteiger partial charge in [-0.3, -0.25) is 0 Å². The minimum Gasteiger partial charge on any atom is -0.496 e. The maximum Gasteiger partial charge on any atom is 0.130 e. The molecule has 2 aromatic carbocycles. The van der Waals surface area contributed by atoms with E-state index in [1.807, 2.05) is 24.3 Å². The highest BCUT2D eigenvalue weighted by Gasteiger charge is 2.16. The minimum absolute atomic E-state index is 0.284. The Balaban J connectivity index is 2.86. The summed E-state index contributed by atoms with van der Waals surface area (Å²) in [5.74, 6) is 2.07. The quantitative estimate of drug-likeness (QED) is 0.775. The van der Waals surface area contributed by atoms with Crippen LogP contribution in [0, 0.1) is 0 Å². The van der Waals surface area contributed by atoms with Crippen molar-refractivity contribution in [1.82, 2.24) is 0 Å². The third kappa shape index (κ3) is 2.21. The van der Waals surface area contributed by atoms with Crippen molar-refractivity contribution in [3.63, 3.8) is 0 Å². The van der Waals surface area contributed by atoms with Gasteiger partial charge in [-0.25, -0.2) is 0 Å². The molecule has 0 saturated carbocycles. The average molecular weight is 260 g/mol.